The molecule has 0 N–H and O–H groups in total. The van der Waals surface area contributed by atoms with Gasteiger partial charge in [0.05, 0.1) is 6.35 Å². The Kier molecular flexibility index (Phi) is 4.98. The van der Waals surface area contributed by atoms with Crippen molar-refractivity contribution < 1.29 is 13.8 Å². The summed E-state index contributed by atoms with van der Waals surface area (Å²) in [6.45, 7) is 7.76. The van der Waals surface area contributed by atoms with Crippen molar-refractivity contribution in [1.29, 1.82) is 0 Å². The molecule has 72 valence electrons. The first-order chi connectivity index (χ1) is 5.37. The Hall–Kier alpha value is 0.0769. The lowest BCUT2D eigenvalue weighted by Gasteiger charge is -2.16. The van der Waals surface area contributed by atoms with E-state index in [2.05, 4.69) is 0 Å². The summed E-state index contributed by atoms with van der Waals surface area (Å²) in [6.07, 6.45) is 0.500. The molecule has 3 nitrogen and oxygen atoms in total. The molecule has 0 radical (unpaired) electrons. The first kappa shape index (κ1) is 12.1. The SMILES string of the molecule is CCC(=O)[PH](=O)CO[Si](C)(C)C. The smallest absolute Gasteiger partial charge is 0.190 e. The van der Waals surface area contributed by atoms with Gasteiger partial charge in [0, 0.05) is 6.42 Å². The highest BCUT2D eigenvalue weighted by Crippen LogP contribution is 2.24. The predicted molar refractivity (Wildman–Crippen MR) is 53.6 cm³/mol. The first-order valence-electron chi connectivity index (χ1n) is 4.07. The molecule has 0 aliphatic carbocycles. The minimum Gasteiger partial charge on any atom is -0.410 e. The monoisotopic (exact) mass is 208 g/mol. The maximum absolute atomic E-state index is 11.2. The second-order valence-electron chi connectivity index (χ2n) is 3.60. The summed E-state index contributed by atoms with van der Waals surface area (Å²) in [6, 6.07) is 0. The van der Waals surface area contributed by atoms with Crippen LogP contribution in [0.4, 0.5) is 0 Å². The Morgan fingerprint density at radius 1 is 1.42 bits per heavy atom. The minimum absolute atomic E-state index is 0.146. The Morgan fingerprint density at radius 2 is 1.92 bits per heavy atom. The van der Waals surface area contributed by atoms with Gasteiger partial charge in [-0.15, -0.1) is 0 Å². The minimum atomic E-state index is -2.13. The summed E-state index contributed by atoms with van der Waals surface area (Å²) >= 11 is 0. The van der Waals surface area contributed by atoms with E-state index in [1.54, 1.807) is 6.92 Å². The van der Waals surface area contributed by atoms with E-state index in [0.29, 0.717) is 6.42 Å². The van der Waals surface area contributed by atoms with Gasteiger partial charge in [-0.3, -0.25) is 4.79 Å². The Balaban J connectivity index is 3.80. The summed E-state index contributed by atoms with van der Waals surface area (Å²) in [5.41, 5.74) is -0.154. The molecular formula is C7H17O3PSi. The third kappa shape index (κ3) is 5.69. The molecule has 0 aromatic carbocycles. The molecule has 0 aromatic rings. The van der Waals surface area contributed by atoms with Crippen LogP contribution in [0.15, 0.2) is 0 Å². The molecule has 0 saturated heterocycles. The number of hydrogen-bond donors (Lipinski definition) is 0. The van der Waals surface area contributed by atoms with Crippen LogP contribution in [-0.4, -0.2) is 20.2 Å². The lowest BCUT2D eigenvalue weighted by molar-refractivity contribution is -0.111. The maximum Gasteiger partial charge on any atom is 0.190 e. The number of carbonyl (C=O) groups is 1. The molecule has 0 heterocycles. The fraction of sp³-hybridized carbons (Fsp3) is 0.857. The summed E-state index contributed by atoms with van der Waals surface area (Å²) < 4.78 is 16.5. The molecule has 12 heavy (non-hydrogen) atoms. The van der Waals surface area contributed by atoms with Crippen LogP contribution in [0.1, 0.15) is 13.3 Å². The number of rotatable bonds is 5. The maximum atomic E-state index is 11.2. The van der Waals surface area contributed by atoms with Crippen LogP contribution in [-0.2, 0) is 13.8 Å². The van der Waals surface area contributed by atoms with E-state index in [0.717, 1.165) is 0 Å². The van der Waals surface area contributed by atoms with Crippen molar-refractivity contribution in [3.05, 3.63) is 0 Å². The normalized spacial score (nSPS) is 14.3. The van der Waals surface area contributed by atoms with Gasteiger partial charge in [-0.25, -0.2) is 0 Å². The zero-order chi connectivity index (χ0) is 9.78. The highest BCUT2D eigenvalue weighted by molar-refractivity contribution is 7.63. The molecule has 1 unspecified atom stereocenters. The van der Waals surface area contributed by atoms with Crippen LogP contribution in [0.25, 0.3) is 0 Å². The van der Waals surface area contributed by atoms with Crippen molar-refractivity contribution in [2.75, 3.05) is 6.35 Å². The summed E-state index contributed by atoms with van der Waals surface area (Å²) in [5.74, 6) is 0. The Labute approximate surface area is 75.4 Å². The van der Waals surface area contributed by atoms with Gasteiger partial charge in [0.2, 0.25) is 0 Å². The molecule has 0 spiro atoms. The first-order valence-corrected chi connectivity index (χ1v) is 9.09. The number of hydrogen-bond acceptors (Lipinski definition) is 3. The molecular weight excluding hydrogens is 191 g/mol. The van der Waals surface area contributed by atoms with Gasteiger partial charge in [0.1, 0.15) is 0 Å². The van der Waals surface area contributed by atoms with Crippen LogP contribution in [0.3, 0.4) is 0 Å². The van der Waals surface area contributed by atoms with Gasteiger partial charge in [-0.2, -0.15) is 0 Å². The predicted octanol–water partition coefficient (Wildman–Crippen LogP) is 2.29. The second kappa shape index (κ2) is 4.95. The molecule has 5 heteroatoms. The molecule has 1 atom stereocenters. The van der Waals surface area contributed by atoms with Crippen LogP contribution >= 0.6 is 7.80 Å². The summed E-state index contributed by atoms with van der Waals surface area (Å²) in [7, 11) is -3.73. The average Bonchev–Trinajstić information content (AvgIpc) is 1.97. The zero-order valence-corrected chi connectivity index (χ0v) is 10.1. The average molecular weight is 208 g/mol. The van der Waals surface area contributed by atoms with E-state index in [-0.39, 0.29) is 11.9 Å². The summed E-state index contributed by atoms with van der Waals surface area (Å²) in [5, 5.41) is 0. The molecule has 0 amide bonds. The van der Waals surface area contributed by atoms with Crippen LogP contribution in [0, 0.1) is 0 Å². The van der Waals surface area contributed by atoms with E-state index in [4.69, 9.17) is 4.43 Å². The van der Waals surface area contributed by atoms with Crippen molar-refractivity contribution in [2.45, 2.75) is 33.0 Å². The highest BCUT2D eigenvalue weighted by atomic mass is 31.1. The van der Waals surface area contributed by atoms with Gasteiger partial charge in [0.15, 0.2) is 21.6 Å². The van der Waals surface area contributed by atoms with E-state index in [1.165, 1.54) is 0 Å². The van der Waals surface area contributed by atoms with Gasteiger partial charge >= 0.3 is 0 Å². The zero-order valence-electron chi connectivity index (χ0n) is 8.14. The Bertz CT molecular complexity index is 186. The van der Waals surface area contributed by atoms with Crippen LogP contribution in [0.5, 0.6) is 0 Å². The quantitative estimate of drug-likeness (QED) is 0.514. The molecule has 0 aromatic heterocycles. The molecule has 0 aliphatic rings. The lowest BCUT2D eigenvalue weighted by atomic mass is 10.6. The fourth-order valence-electron chi connectivity index (χ4n) is 0.560. The van der Waals surface area contributed by atoms with Crippen LogP contribution in [0.2, 0.25) is 19.6 Å². The van der Waals surface area contributed by atoms with Crippen molar-refractivity contribution >= 4 is 21.6 Å². The standard InChI is InChI=1S/C7H17O3PSi/c1-5-7(8)11(9)6-10-12(2,3)4/h11H,5-6H2,1-4H3. The largest absolute Gasteiger partial charge is 0.410 e. The van der Waals surface area contributed by atoms with Crippen LogP contribution < -0.4 is 0 Å². The topological polar surface area (TPSA) is 43.4 Å². The van der Waals surface area contributed by atoms with Crippen molar-refractivity contribution in [3.8, 4) is 0 Å². The van der Waals surface area contributed by atoms with E-state index in [9.17, 15) is 9.36 Å². The van der Waals surface area contributed by atoms with Crippen molar-refractivity contribution in [3.63, 3.8) is 0 Å². The van der Waals surface area contributed by atoms with Gasteiger partial charge < -0.3 is 8.99 Å². The number of carbonyl (C=O) groups excluding carboxylic acids is 1. The van der Waals surface area contributed by atoms with E-state index < -0.39 is 16.1 Å². The second-order valence-corrected chi connectivity index (χ2v) is 9.81. The third-order valence-electron chi connectivity index (χ3n) is 1.27. The van der Waals surface area contributed by atoms with E-state index in [1.807, 2.05) is 19.6 Å². The molecule has 0 bridgehead atoms. The highest BCUT2D eigenvalue weighted by Gasteiger charge is 2.17. The molecule has 0 rings (SSSR count). The van der Waals surface area contributed by atoms with E-state index >= 15 is 0 Å². The fourth-order valence-corrected chi connectivity index (χ4v) is 3.37. The summed E-state index contributed by atoms with van der Waals surface area (Å²) in [4.78, 5) is 10.9. The lowest BCUT2D eigenvalue weighted by Crippen LogP contribution is -2.25. The third-order valence-corrected chi connectivity index (χ3v) is 3.95. The van der Waals surface area contributed by atoms with Gasteiger partial charge in [-0.1, -0.05) is 6.92 Å². The Morgan fingerprint density at radius 3 is 2.25 bits per heavy atom. The molecule has 0 saturated carbocycles. The molecule has 0 aliphatic heterocycles. The van der Waals surface area contributed by atoms with Crippen molar-refractivity contribution in [1.82, 2.24) is 0 Å². The van der Waals surface area contributed by atoms with Gasteiger partial charge in [-0.05, 0) is 19.6 Å². The van der Waals surface area contributed by atoms with Crippen molar-refractivity contribution in [2.24, 2.45) is 0 Å². The molecule has 0 fully saturated rings. The van der Waals surface area contributed by atoms with Gasteiger partial charge in [0.25, 0.3) is 0 Å².